The average Bonchev–Trinajstić information content (AvgIpc) is 2.47. The van der Waals surface area contributed by atoms with E-state index in [2.05, 4.69) is 0 Å². The van der Waals surface area contributed by atoms with E-state index in [-0.39, 0.29) is 18.4 Å². The topological polar surface area (TPSA) is 49.8 Å². The second-order valence-corrected chi connectivity index (χ2v) is 3.86. The normalized spacial score (nSPS) is 32.1. The fraction of sp³-hybridized carbons (Fsp3) is 0.700. The minimum absolute atomic E-state index is 0.0376. The maximum absolute atomic E-state index is 11.4. The van der Waals surface area contributed by atoms with Gasteiger partial charge in [0.2, 0.25) is 5.91 Å². The Kier molecular flexibility index (Phi) is 2.72. The summed E-state index contributed by atoms with van der Waals surface area (Å²) in [5.74, 6) is 0.0376. The Labute approximate surface area is 83.2 Å². The van der Waals surface area contributed by atoms with Crippen molar-refractivity contribution in [1.29, 1.82) is 0 Å². The number of amides is 1. The molecule has 0 aromatic heterocycles. The monoisotopic (exact) mass is 197 g/mol. The van der Waals surface area contributed by atoms with E-state index in [1.165, 1.54) is 0 Å². The molecule has 4 heteroatoms. The summed E-state index contributed by atoms with van der Waals surface area (Å²) < 4.78 is 5.37. The summed E-state index contributed by atoms with van der Waals surface area (Å²) in [6.45, 7) is 1.07. The van der Waals surface area contributed by atoms with Crippen LogP contribution in [0.2, 0.25) is 0 Å². The number of aliphatic hydroxyl groups is 1. The van der Waals surface area contributed by atoms with E-state index >= 15 is 0 Å². The van der Waals surface area contributed by atoms with Crippen LogP contribution in [0.4, 0.5) is 0 Å². The number of likely N-dealkylation sites (tertiary alicyclic amines) is 1. The van der Waals surface area contributed by atoms with Gasteiger partial charge in [0.15, 0.2) is 0 Å². The van der Waals surface area contributed by atoms with E-state index in [1.54, 1.807) is 11.2 Å². The molecule has 2 heterocycles. The van der Waals surface area contributed by atoms with Gasteiger partial charge in [0, 0.05) is 6.54 Å². The van der Waals surface area contributed by atoms with Crippen LogP contribution in [-0.2, 0) is 9.53 Å². The lowest BCUT2D eigenvalue weighted by Gasteiger charge is -2.24. The van der Waals surface area contributed by atoms with E-state index in [0.717, 1.165) is 12.8 Å². The molecule has 14 heavy (non-hydrogen) atoms. The Balaban J connectivity index is 1.85. The summed E-state index contributed by atoms with van der Waals surface area (Å²) in [6, 6.07) is 0. The molecule has 0 saturated carbocycles. The first-order chi connectivity index (χ1) is 6.75. The highest BCUT2D eigenvalue weighted by Crippen LogP contribution is 2.16. The number of rotatable bonds is 2. The Bertz CT molecular complexity index is 252. The molecule has 4 nitrogen and oxygen atoms in total. The van der Waals surface area contributed by atoms with Gasteiger partial charge in [-0.3, -0.25) is 4.79 Å². The molecule has 0 spiro atoms. The zero-order valence-corrected chi connectivity index (χ0v) is 8.06. The summed E-state index contributed by atoms with van der Waals surface area (Å²) in [7, 11) is 0. The number of hydrogen-bond donors (Lipinski definition) is 1. The number of hydrogen-bond acceptors (Lipinski definition) is 3. The lowest BCUT2D eigenvalue weighted by Crippen LogP contribution is -2.35. The summed E-state index contributed by atoms with van der Waals surface area (Å²) >= 11 is 0. The van der Waals surface area contributed by atoms with Crippen molar-refractivity contribution in [2.75, 3.05) is 13.1 Å². The second-order valence-electron chi connectivity index (χ2n) is 3.86. The predicted molar refractivity (Wildman–Crippen MR) is 50.5 cm³/mol. The highest BCUT2D eigenvalue weighted by molar-refractivity contribution is 5.79. The van der Waals surface area contributed by atoms with Gasteiger partial charge in [-0.05, 0) is 18.9 Å². The highest BCUT2D eigenvalue weighted by Gasteiger charge is 2.30. The molecule has 0 aromatic rings. The molecule has 1 saturated heterocycles. The van der Waals surface area contributed by atoms with Crippen LogP contribution >= 0.6 is 0 Å². The Hall–Kier alpha value is -1.03. The summed E-state index contributed by atoms with van der Waals surface area (Å²) in [6.07, 6.45) is 5.53. The van der Waals surface area contributed by atoms with Crippen LogP contribution in [0.3, 0.4) is 0 Å². The molecule has 2 aliphatic heterocycles. The third kappa shape index (κ3) is 2.07. The number of carbonyl (C=O) groups is 1. The zero-order valence-electron chi connectivity index (χ0n) is 8.06. The van der Waals surface area contributed by atoms with Gasteiger partial charge in [-0.25, -0.2) is 0 Å². The third-order valence-electron chi connectivity index (χ3n) is 2.64. The maximum atomic E-state index is 11.4. The predicted octanol–water partition coefficient (Wildman–Crippen LogP) is 0.272. The quantitative estimate of drug-likeness (QED) is 0.691. The fourth-order valence-electron chi connectivity index (χ4n) is 1.89. The lowest BCUT2D eigenvalue weighted by molar-refractivity contribution is -0.129. The number of aliphatic hydroxyl groups excluding tert-OH is 1. The van der Waals surface area contributed by atoms with Crippen molar-refractivity contribution >= 4 is 5.91 Å². The maximum Gasteiger partial charge on any atom is 0.225 e. The van der Waals surface area contributed by atoms with Gasteiger partial charge in [-0.2, -0.15) is 0 Å². The van der Waals surface area contributed by atoms with Crippen molar-refractivity contribution in [2.24, 2.45) is 0 Å². The van der Waals surface area contributed by atoms with Crippen LogP contribution in [0.1, 0.15) is 19.3 Å². The SMILES string of the molecule is O=C1CC(O)CN1CC1CCC=CO1. The van der Waals surface area contributed by atoms with Crippen LogP contribution in [0.5, 0.6) is 0 Å². The Morgan fingerprint density at radius 2 is 2.50 bits per heavy atom. The van der Waals surface area contributed by atoms with Crippen molar-refractivity contribution in [2.45, 2.75) is 31.5 Å². The third-order valence-corrected chi connectivity index (χ3v) is 2.64. The lowest BCUT2D eigenvalue weighted by atomic mass is 10.1. The van der Waals surface area contributed by atoms with Crippen LogP contribution in [0, 0.1) is 0 Å². The van der Waals surface area contributed by atoms with Crippen molar-refractivity contribution in [3.63, 3.8) is 0 Å². The standard InChI is InChI=1S/C10H15NO3/c12-8-5-10(13)11(6-8)7-9-3-1-2-4-14-9/h2,4,8-9,12H,1,3,5-7H2. The van der Waals surface area contributed by atoms with Crippen molar-refractivity contribution in [3.8, 4) is 0 Å². The van der Waals surface area contributed by atoms with Gasteiger partial charge in [0.25, 0.3) is 0 Å². The second kappa shape index (κ2) is 4.00. The number of β-amino-alcohol motifs (C(OH)–C–C–N with tert-alkyl or cyclic N) is 1. The minimum Gasteiger partial charge on any atom is -0.497 e. The molecular formula is C10H15NO3. The van der Waals surface area contributed by atoms with Gasteiger partial charge in [-0.1, -0.05) is 0 Å². The molecule has 0 bridgehead atoms. The minimum atomic E-state index is -0.485. The van der Waals surface area contributed by atoms with E-state index in [0.29, 0.717) is 13.1 Å². The molecule has 2 rings (SSSR count). The Morgan fingerprint density at radius 3 is 3.07 bits per heavy atom. The number of nitrogens with zero attached hydrogens (tertiary/aromatic N) is 1. The van der Waals surface area contributed by atoms with Crippen LogP contribution < -0.4 is 0 Å². The van der Waals surface area contributed by atoms with Gasteiger partial charge in [0.1, 0.15) is 6.10 Å². The van der Waals surface area contributed by atoms with Gasteiger partial charge in [-0.15, -0.1) is 0 Å². The number of ether oxygens (including phenoxy) is 1. The zero-order chi connectivity index (χ0) is 9.97. The molecule has 2 unspecified atom stereocenters. The molecule has 2 aliphatic rings. The summed E-state index contributed by atoms with van der Waals surface area (Å²) in [4.78, 5) is 13.0. The molecule has 0 aromatic carbocycles. The van der Waals surface area contributed by atoms with E-state index in [9.17, 15) is 9.90 Å². The largest absolute Gasteiger partial charge is 0.497 e. The summed E-state index contributed by atoms with van der Waals surface area (Å²) in [5.41, 5.74) is 0. The van der Waals surface area contributed by atoms with Crippen molar-refractivity contribution < 1.29 is 14.6 Å². The molecule has 1 amide bonds. The van der Waals surface area contributed by atoms with Gasteiger partial charge < -0.3 is 14.7 Å². The van der Waals surface area contributed by atoms with Gasteiger partial charge >= 0.3 is 0 Å². The van der Waals surface area contributed by atoms with E-state index in [1.807, 2.05) is 6.08 Å². The smallest absolute Gasteiger partial charge is 0.225 e. The fourth-order valence-corrected chi connectivity index (χ4v) is 1.89. The molecular weight excluding hydrogens is 182 g/mol. The first-order valence-electron chi connectivity index (χ1n) is 5.02. The molecule has 2 atom stereocenters. The molecule has 78 valence electrons. The number of carbonyl (C=O) groups excluding carboxylic acids is 1. The first kappa shape index (κ1) is 9.52. The average molecular weight is 197 g/mol. The first-order valence-corrected chi connectivity index (χ1v) is 5.02. The highest BCUT2D eigenvalue weighted by atomic mass is 16.5. The Morgan fingerprint density at radius 1 is 1.64 bits per heavy atom. The number of allylic oxidation sites excluding steroid dienone is 1. The van der Waals surface area contributed by atoms with Gasteiger partial charge in [0.05, 0.1) is 25.3 Å². The van der Waals surface area contributed by atoms with Crippen molar-refractivity contribution in [1.82, 2.24) is 4.90 Å². The van der Waals surface area contributed by atoms with Crippen LogP contribution in [-0.4, -0.2) is 41.2 Å². The molecule has 0 aliphatic carbocycles. The molecule has 1 fully saturated rings. The van der Waals surface area contributed by atoms with E-state index < -0.39 is 6.10 Å². The van der Waals surface area contributed by atoms with Crippen LogP contribution in [0.15, 0.2) is 12.3 Å². The molecule has 0 radical (unpaired) electrons. The van der Waals surface area contributed by atoms with Crippen LogP contribution in [0.25, 0.3) is 0 Å². The van der Waals surface area contributed by atoms with E-state index in [4.69, 9.17) is 4.74 Å². The molecule has 1 N–H and O–H groups in total. The van der Waals surface area contributed by atoms with Crippen molar-refractivity contribution in [3.05, 3.63) is 12.3 Å². The summed E-state index contributed by atoms with van der Waals surface area (Å²) in [5, 5.41) is 9.28.